The first-order chi connectivity index (χ1) is 13.8. The van der Waals surface area contributed by atoms with Crippen LogP contribution in [-0.2, 0) is 0 Å². The van der Waals surface area contributed by atoms with Crippen molar-refractivity contribution in [2.45, 2.75) is 110 Å². The highest BCUT2D eigenvalue weighted by Crippen LogP contribution is 2.21. The minimum atomic E-state index is 0.677. The van der Waals surface area contributed by atoms with E-state index in [0.29, 0.717) is 12.1 Å². The van der Waals surface area contributed by atoms with E-state index < -0.39 is 0 Å². The van der Waals surface area contributed by atoms with Crippen LogP contribution in [0.2, 0.25) is 0 Å². The van der Waals surface area contributed by atoms with Crippen LogP contribution < -0.4 is 4.74 Å². The van der Waals surface area contributed by atoms with Gasteiger partial charge < -0.3 is 9.94 Å². The summed E-state index contributed by atoms with van der Waals surface area (Å²) >= 11 is 0. The van der Waals surface area contributed by atoms with Gasteiger partial charge in [-0.05, 0) is 25.0 Å². The van der Waals surface area contributed by atoms with E-state index >= 15 is 0 Å². The Morgan fingerprint density at radius 2 is 1.25 bits per heavy atom. The molecule has 0 fully saturated rings. The third-order valence-corrected chi connectivity index (χ3v) is 5.41. The summed E-state index contributed by atoms with van der Waals surface area (Å²) in [6.45, 7) is 5.00. The average Bonchev–Trinajstić information content (AvgIpc) is 2.72. The van der Waals surface area contributed by atoms with Crippen LogP contribution in [0.15, 0.2) is 29.4 Å². The van der Waals surface area contributed by atoms with Crippen molar-refractivity contribution in [3.63, 3.8) is 0 Å². The monoisotopic (exact) mass is 389 g/mol. The van der Waals surface area contributed by atoms with Gasteiger partial charge in [0.1, 0.15) is 5.75 Å². The molecule has 0 radical (unpaired) electrons. The first-order valence-electron chi connectivity index (χ1n) is 11.8. The van der Waals surface area contributed by atoms with Gasteiger partial charge >= 0.3 is 0 Å². The van der Waals surface area contributed by atoms with Crippen molar-refractivity contribution in [3.05, 3.63) is 29.8 Å². The maximum Gasteiger partial charge on any atom is 0.128 e. The molecule has 0 atom stereocenters. The lowest BCUT2D eigenvalue weighted by Crippen LogP contribution is -2.05. The van der Waals surface area contributed by atoms with Gasteiger partial charge in [0, 0.05) is 5.56 Å². The Kier molecular flexibility index (Phi) is 15.4. The van der Waals surface area contributed by atoms with Crippen LogP contribution in [0.4, 0.5) is 0 Å². The molecule has 0 aliphatic carbocycles. The summed E-state index contributed by atoms with van der Waals surface area (Å²) in [5.74, 6) is 0.826. The molecule has 3 nitrogen and oxygen atoms in total. The van der Waals surface area contributed by atoms with Crippen molar-refractivity contribution in [1.82, 2.24) is 0 Å². The van der Waals surface area contributed by atoms with E-state index in [2.05, 4.69) is 12.1 Å². The Labute approximate surface area is 173 Å². The van der Waals surface area contributed by atoms with Gasteiger partial charge in [-0.1, -0.05) is 115 Å². The van der Waals surface area contributed by atoms with Crippen LogP contribution in [0, 0.1) is 0 Å². The lowest BCUT2D eigenvalue weighted by molar-refractivity contribution is 0.301. The van der Waals surface area contributed by atoms with Gasteiger partial charge in [0.15, 0.2) is 0 Å². The SMILES string of the molecule is CCCCCCCCCCCCCCCCOc1ccccc1/C(CC)=N\O. The molecule has 1 N–H and O–H groups in total. The van der Waals surface area contributed by atoms with Gasteiger partial charge in [0.05, 0.1) is 12.3 Å². The minimum absolute atomic E-state index is 0.677. The molecule has 0 saturated heterocycles. The standard InChI is InChI=1S/C25H43NO2/c1-3-5-6-7-8-9-10-11-12-13-14-15-16-19-22-28-25-21-18-17-20-23(25)24(4-2)26-27/h17-18,20-21,27H,3-16,19,22H2,1-2H3/b26-24-. The summed E-state index contributed by atoms with van der Waals surface area (Å²) in [7, 11) is 0. The van der Waals surface area contributed by atoms with Crippen molar-refractivity contribution >= 4 is 5.71 Å². The summed E-state index contributed by atoms with van der Waals surface area (Å²) in [5.41, 5.74) is 1.58. The molecule has 0 aromatic heterocycles. The van der Waals surface area contributed by atoms with Gasteiger partial charge in [-0.2, -0.15) is 0 Å². The molecule has 0 bridgehead atoms. The van der Waals surface area contributed by atoms with Crippen LogP contribution in [0.1, 0.15) is 116 Å². The predicted octanol–water partition coefficient (Wildman–Crippen LogP) is 8.14. The molecular formula is C25H43NO2. The lowest BCUT2D eigenvalue weighted by Gasteiger charge is -2.11. The van der Waals surface area contributed by atoms with Crippen molar-refractivity contribution in [1.29, 1.82) is 0 Å². The molecule has 3 heteroatoms. The summed E-state index contributed by atoms with van der Waals surface area (Å²) < 4.78 is 5.94. The van der Waals surface area contributed by atoms with Crippen molar-refractivity contribution < 1.29 is 9.94 Å². The average molecular weight is 390 g/mol. The fourth-order valence-electron chi connectivity index (χ4n) is 3.62. The van der Waals surface area contributed by atoms with E-state index in [9.17, 15) is 0 Å². The second-order valence-electron chi connectivity index (χ2n) is 7.84. The van der Waals surface area contributed by atoms with E-state index in [0.717, 1.165) is 24.3 Å². The summed E-state index contributed by atoms with van der Waals surface area (Å²) in [5, 5.41) is 12.5. The molecular weight excluding hydrogens is 346 g/mol. The van der Waals surface area contributed by atoms with E-state index in [4.69, 9.17) is 9.94 Å². The molecule has 0 aliphatic heterocycles. The smallest absolute Gasteiger partial charge is 0.128 e. The number of unbranched alkanes of at least 4 members (excludes halogenated alkanes) is 13. The largest absolute Gasteiger partial charge is 0.493 e. The zero-order valence-corrected chi connectivity index (χ0v) is 18.4. The molecule has 0 spiro atoms. The Balaban J connectivity index is 1.98. The van der Waals surface area contributed by atoms with Gasteiger partial charge in [-0.3, -0.25) is 0 Å². The summed E-state index contributed by atoms with van der Waals surface area (Å²) in [6.07, 6.45) is 19.8. The molecule has 1 aromatic carbocycles. The van der Waals surface area contributed by atoms with Crippen LogP contribution in [0.25, 0.3) is 0 Å². The molecule has 28 heavy (non-hydrogen) atoms. The fourth-order valence-corrected chi connectivity index (χ4v) is 3.62. The lowest BCUT2D eigenvalue weighted by atomic mass is 10.0. The third kappa shape index (κ3) is 11.4. The van der Waals surface area contributed by atoms with Gasteiger partial charge in [-0.25, -0.2) is 0 Å². The maximum absolute atomic E-state index is 9.14. The van der Waals surface area contributed by atoms with Gasteiger partial charge in [0.2, 0.25) is 0 Å². The highest BCUT2D eigenvalue weighted by molar-refractivity contribution is 6.02. The first-order valence-corrected chi connectivity index (χ1v) is 11.8. The number of para-hydroxylation sites is 1. The van der Waals surface area contributed by atoms with E-state index in [-0.39, 0.29) is 0 Å². The number of hydrogen-bond acceptors (Lipinski definition) is 3. The number of nitrogens with zero attached hydrogens (tertiary/aromatic N) is 1. The topological polar surface area (TPSA) is 41.8 Å². The quantitative estimate of drug-likeness (QED) is 0.119. The van der Waals surface area contributed by atoms with E-state index in [1.54, 1.807) is 0 Å². The number of ether oxygens (including phenoxy) is 1. The second-order valence-corrected chi connectivity index (χ2v) is 7.84. The molecule has 0 unspecified atom stereocenters. The highest BCUT2D eigenvalue weighted by Gasteiger charge is 2.08. The summed E-state index contributed by atoms with van der Waals surface area (Å²) in [4.78, 5) is 0. The Bertz CT molecular complexity index is 513. The Morgan fingerprint density at radius 3 is 1.75 bits per heavy atom. The van der Waals surface area contributed by atoms with Crippen molar-refractivity contribution in [2.75, 3.05) is 6.61 Å². The molecule has 1 aromatic rings. The number of oxime groups is 1. The zero-order valence-electron chi connectivity index (χ0n) is 18.4. The summed E-state index contributed by atoms with van der Waals surface area (Å²) in [6, 6.07) is 7.84. The fraction of sp³-hybridized carbons (Fsp3) is 0.720. The maximum atomic E-state index is 9.14. The predicted molar refractivity (Wildman–Crippen MR) is 121 cm³/mol. The van der Waals surface area contributed by atoms with Crippen LogP contribution in [0.5, 0.6) is 5.75 Å². The van der Waals surface area contributed by atoms with Crippen molar-refractivity contribution in [3.8, 4) is 5.75 Å². The van der Waals surface area contributed by atoms with Crippen LogP contribution >= 0.6 is 0 Å². The normalized spacial score (nSPS) is 11.7. The zero-order chi connectivity index (χ0) is 20.3. The molecule has 160 valence electrons. The van der Waals surface area contributed by atoms with Crippen LogP contribution in [0.3, 0.4) is 0 Å². The Hall–Kier alpha value is -1.51. The third-order valence-electron chi connectivity index (χ3n) is 5.41. The molecule has 0 heterocycles. The molecule has 1 rings (SSSR count). The van der Waals surface area contributed by atoms with E-state index in [1.807, 2.05) is 31.2 Å². The first kappa shape index (κ1) is 24.5. The molecule has 0 aliphatic rings. The number of rotatable bonds is 18. The van der Waals surface area contributed by atoms with Gasteiger partial charge in [0.25, 0.3) is 0 Å². The minimum Gasteiger partial charge on any atom is -0.493 e. The van der Waals surface area contributed by atoms with Crippen molar-refractivity contribution in [2.24, 2.45) is 5.16 Å². The molecule has 0 saturated carbocycles. The van der Waals surface area contributed by atoms with E-state index in [1.165, 1.54) is 83.5 Å². The highest BCUT2D eigenvalue weighted by atomic mass is 16.5. The van der Waals surface area contributed by atoms with Gasteiger partial charge in [-0.15, -0.1) is 0 Å². The number of benzene rings is 1. The second kappa shape index (κ2) is 17.6. The molecule has 0 amide bonds. The Morgan fingerprint density at radius 1 is 0.750 bits per heavy atom. The number of hydrogen-bond donors (Lipinski definition) is 1. The van der Waals surface area contributed by atoms with Crippen LogP contribution in [-0.4, -0.2) is 17.5 Å².